The van der Waals surface area contributed by atoms with Gasteiger partial charge in [0.05, 0.1) is 46.8 Å². The maximum Gasteiger partial charge on any atom is 0.320 e. The number of nitrogens with one attached hydrogen (secondary N) is 1. The van der Waals surface area contributed by atoms with Gasteiger partial charge in [0.15, 0.2) is 5.82 Å². The highest BCUT2D eigenvalue weighted by molar-refractivity contribution is 6.43. The molecule has 1 saturated carbocycles. The van der Waals surface area contributed by atoms with E-state index >= 15 is 4.39 Å². The minimum Gasteiger partial charge on any atom is -0.337 e. The average molecular weight is 671 g/mol. The fraction of sp³-hybridized carbons (Fsp3) is 0.441. The van der Waals surface area contributed by atoms with E-state index in [1.54, 1.807) is 35.2 Å². The fourth-order valence-electron chi connectivity index (χ4n) is 8.08. The minimum absolute atomic E-state index is 0.0749. The molecule has 5 aliphatic rings. The molecule has 4 atom stereocenters. The number of carbonyl (C=O) groups is 1. The molecule has 2 aromatic carbocycles. The van der Waals surface area contributed by atoms with Crippen molar-refractivity contribution in [1.29, 1.82) is 5.26 Å². The smallest absolute Gasteiger partial charge is 0.320 e. The quantitative estimate of drug-likeness (QED) is 0.235. The van der Waals surface area contributed by atoms with E-state index in [-0.39, 0.29) is 57.7 Å². The zero-order valence-electron chi connectivity index (χ0n) is 27.6. The van der Waals surface area contributed by atoms with Crippen LogP contribution in [0.2, 0.25) is 10.0 Å². The van der Waals surface area contributed by atoms with Crippen molar-refractivity contribution in [1.82, 2.24) is 24.7 Å². The number of nitriles is 1. The molecule has 7 nitrogen and oxygen atoms in total. The van der Waals surface area contributed by atoms with Gasteiger partial charge in [0.2, 0.25) is 0 Å². The number of pyridine rings is 1. The molecular formula is C34H31Cl2F3N6O. The van der Waals surface area contributed by atoms with Crippen LogP contribution in [0, 0.1) is 29.9 Å². The van der Waals surface area contributed by atoms with Crippen LogP contribution in [-0.4, -0.2) is 63.5 Å². The first-order valence-corrected chi connectivity index (χ1v) is 16.2. The molecule has 0 radical (unpaired) electrons. The van der Waals surface area contributed by atoms with Crippen LogP contribution < -0.4 is 5.32 Å². The predicted molar refractivity (Wildman–Crippen MR) is 171 cm³/mol. The molecule has 4 aromatic rings. The van der Waals surface area contributed by atoms with E-state index in [1.807, 2.05) is 0 Å². The van der Waals surface area contributed by atoms with Gasteiger partial charge in [-0.3, -0.25) is 0 Å². The standard InChI is InChI=1S/C34H31Cl2F3N6O/c1-17-21-13-26(25-8-4-10-44(25)33(46)43-15-34(38,39)16-43)45(31-19-12-24(31)41-14-19)32(21)22-11-18(5-3-9-40)27(29(37)30(22)42-17)20-6-2-7-23(35)28(20)36/h2,6-7,11,13,19,24-25,31,41H,3-5,8,10,12,14-16H2,1H3/t19-,24-,25-,31+/m1/s1/i1D3. The number of alkyl halides is 2. The first-order chi connectivity index (χ1) is 23.3. The Labute approximate surface area is 278 Å². The van der Waals surface area contributed by atoms with Crippen molar-refractivity contribution >= 4 is 51.0 Å². The molecule has 238 valence electrons. The van der Waals surface area contributed by atoms with Crippen LogP contribution >= 0.6 is 23.2 Å². The van der Waals surface area contributed by atoms with Gasteiger partial charge < -0.3 is 19.7 Å². The van der Waals surface area contributed by atoms with Crippen molar-refractivity contribution < 1.29 is 22.1 Å². The van der Waals surface area contributed by atoms with E-state index in [0.717, 1.165) is 17.9 Å². The lowest BCUT2D eigenvalue weighted by atomic mass is 9.79. The van der Waals surface area contributed by atoms with E-state index in [0.29, 0.717) is 52.5 Å². The Morgan fingerprint density at radius 2 is 2.09 bits per heavy atom. The van der Waals surface area contributed by atoms with E-state index < -0.39 is 43.8 Å². The SMILES string of the molecule is [2H]C([2H])([2H])c1nc2c(F)c(-c3cccc(Cl)c3Cl)c(CCC#N)cc2c2c1cc([C@H]1CCCN1C(=O)N1CC(F)(F)C1)n2[C@H]1[C@H]2CN[C@@H]1C2. The van der Waals surface area contributed by atoms with Crippen LogP contribution in [0.1, 0.15) is 58.8 Å². The Hall–Kier alpha value is -3.52. The van der Waals surface area contributed by atoms with Gasteiger partial charge in [-0.1, -0.05) is 35.3 Å². The van der Waals surface area contributed by atoms with Gasteiger partial charge in [0.25, 0.3) is 5.92 Å². The summed E-state index contributed by atoms with van der Waals surface area (Å²) in [5.74, 6) is -3.48. The van der Waals surface area contributed by atoms with Gasteiger partial charge in [-0.15, -0.1) is 0 Å². The lowest BCUT2D eigenvalue weighted by Gasteiger charge is -2.43. The number of likely N-dealkylation sites (tertiary alicyclic amines) is 2. The lowest BCUT2D eigenvalue weighted by Crippen LogP contribution is -2.61. The predicted octanol–water partition coefficient (Wildman–Crippen LogP) is 7.81. The number of fused-ring (bicyclic) bond motifs is 4. The van der Waals surface area contributed by atoms with Crippen LogP contribution in [-0.2, 0) is 6.42 Å². The summed E-state index contributed by atoms with van der Waals surface area (Å²) in [6.07, 6.45) is 2.36. The summed E-state index contributed by atoms with van der Waals surface area (Å²) < 4.78 is 72.3. The molecule has 2 amide bonds. The number of halogens is 5. The molecule has 12 heteroatoms. The van der Waals surface area contributed by atoms with Gasteiger partial charge in [-0.25, -0.2) is 22.9 Å². The topological polar surface area (TPSA) is 77.2 Å². The molecule has 5 fully saturated rings. The zero-order valence-corrected chi connectivity index (χ0v) is 26.1. The molecule has 9 rings (SSSR count). The van der Waals surface area contributed by atoms with Crippen molar-refractivity contribution in [2.24, 2.45) is 5.92 Å². The Bertz CT molecular complexity index is 2080. The molecule has 2 aromatic heterocycles. The third-order valence-corrected chi connectivity index (χ3v) is 11.0. The molecule has 0 spiro atoms. The Kier molecular flexibility index (Phi) is 6.21. The molecule has 0 unspecified atom stereocenters. The van der Waals surface area contributed by atoms with Gasteiger partial charge in [0, 0.05) is 63.0 Å². The minimum atomic E-state index is -2.92. The summed E-state index contributed by atoms with van der Waals surface area (Å²) in [6.45, 7) is -2.91. The summed E-state index contributed by atoms with van der Waals surface area (Å²) in [6, 6.07) is 9.47. The molecular weight excluding hydrogens is 636 g/mol. The van der Waals surface area contributed by atoms with E-state index in [4.69, 9.17) is 27.3 Å². The van der Waals surface area contributed by atoms with Gasteiger partial charge in [0.1, 0.15) is 5.52 Å². The number of benzene rings is 2. The van der Waals surface area contributed by atoms with Gasteiger partial charge in [-0.2, -0.15) is 5.26 Å². The second-order valence-electron chi connectivity index (χ2n) is 12.9. The van der Waals surface area contributed by atoms with Gasteiger partial charge in [-0.05, 0) is 62.2 Å². The van der Waals surface area contributed by atoms with Crippen LogP contribution in [0.25, 0.3) is 32.9 Å². The normalized spacial score (nSPS) is 26.0. The molecule has 1 N–H and O–H groups in total. The van der Waals surface area contributed by atoms with Crippen molar-refractivity contribution in [3.8, 4) is 17.2 Å². The number of aromatic nitrogens is 2. The monoisotopic (exact) mass is 669 g/mol. The number of urea groups is 1. The Balaban J connectivity index is 1.42. The van der Waals surface area contributed by atoms with Crippen molar-refractivity contribution in [3.05, 3.63) is 63.1 Å². The van der Waals surface area contributed by atoms with E-state index in [1.165, 1.54) is 0 Å². The third-order valence-electron chi connectivity index (χ3n) is 10.2. The summed E-state index contributed by atoms with van der Waals surface area (Å²) in [5, 5.41) is 14.1. The van der Waals surface area contributed by atoms with Crippen LogP contribution in [0.3, 0.4) is 0 Å². The highest BCUT2D eigenvalue weighted by atomic mass is 35.5. The zero-order chi connectivity index (χ0) is 34.6. The number of amides is 2. The fourth-order valence-corrected chi connectivity index (χ4v) is 8.47. The highest BCUT2D eigenvalue weighted by Gasteiger charge is 2.51. The maximum atomic E-state index is 17.1. The number of rotatable bonds is 5. The van der Waals surface area contributed by atoms with Crippen molar-refractivity contribution in [2.45, 2.75) is 63.0 Å². The molecule has 1 aliphatic carbocycles. The summed E-state index contributed by atoms with van der Waals surface area (Å²) in [5.41, 5.74) is 1.62. The van der Waals surface area contributed by atoms with Crippen LogP contribution in [0.15, 0.2) is 30.3 Å². The largest absolute Gasteiger partial charge is 0.337 e. The number of aryl methyl sites for hydroxylation is 2. The number of hydrogen-bond acceptors (Lipinski definition) is 4. The van der Waals surface area contributed by atoms with Gasteiger partial charge >= 0.3 is 6.03 Å². The van der Waals surface area contributed by atoms with Crippen LogP contribution in [0.5, 0.6) is 0 Å². The number of carbonyl (C=O) groups excluding carboxylic acids is 1. The Morgan fingerprint density at radius 3 is 2.78 bits per heavy atom. The molecule has 6 heterocycles. The maximum absolute atomic E-state index is 17.1. The molecule has 46 heavy (non-hydrogen) atoms. The summed E-state index contributed by atoms with van der Waals surface area (Å²) in [7, 11) is 0. The second kappa shape index (κ2) is 10.8. The molecule has 2 bridgehead atoms. The summed E-state index contributed by atoms with van der Waals surface area (Å²) >= 11 is 12.9. The third kappa shape index (κ3) is 4.42. The van der Waals surface area contributed by atoms with E-state index in [2.05, 4.69) is 20.9 Å². The van der Waals surface area contributed by atoms with E-state index in [9.17, 15) is 18.8 Å². The molecule has 4 aliphatic heterocycles. The van der Waals surface area contributed by atoms with Crippen molar-refractivity contribution in [2.75, 3.05) is 26.2 Å². The first kappa shape index (κ1) is 26.5. The summed E-state index contributed by atoms with van der Waals surface area (Å²) in [4.78, 5) is 20.8. The van der Waals surface area contributed by atoms with Crippen molar-refractivity contribution in [3.63, 3.8) is 0 Å². The first-order valence-electron chi connectivity index (χ1n) is 17.0. The Morgan fingerprint density at radius 1 is 1.26 bits per heavy atom. The van der Waals surface area contributed by atoms with Crippen LogP contribution in [0.4, 0.5) is 18.0 Å². The average Bonchev–Trinajstić information content (AvgIpc) is 3.84. The number of hydrogen-bond donors (Lipinski definition) is 1. The lowest BCUT2D eigenvalue weighted by molar-refractivity contribution is -0.114. The molecule has 4 saturated heterocycles. The highest BCUT2D eigenvalue weighted by Crippen LogP contribution is 2.51. The number of nitrogens with zero attached hydrogens (tertiary/aromatic N) is 5. The second-order valence-corrected chi connectivity index (χ2v) is 13.7.